The van der Waals surface area contributed by atoms with Gasteiger partial charge in [0.05, 0.1) is 17.1 Å². The summed E-state index contributed by atoms with van der Waals surface area (Å²) >= 11 is 0. The van der Waals surface area contributed by atoms with Crippen LogP contribution in [0.25, 0.3) is 39.0 Å². The average Bonchev–Trinajstić information content (AvgIpc) is 3.66. The Bertz CT molecular complexity index is 2470. The van der Waals surface area contributed by atoms with Crippen molar-refractivity contribution in [2.75, 3.05) is 0 Å². The molecule has 0 bridgehead atoms. The van der Waals surface area contributed by atoms with Gasteiger partial charge in [-0.3, -0.25) is 4.57 Å². The van der Waals surface area contributed by atoms with Crippen LogP contribution >= 0.6 is 0 Å². The van der Waals surface area contributed by atoms with Gasteiger partial charge in [-0.1, -0.05) is 119 Å². The number of para-hydroxylation sites is 1. The topological polar surface area (TPSA) is 35.9 Å². The maximum Gasteiger partial charge on any atom is 0.267 e. The molecule has 0 radical (unpaired) electrons. The van der Waals surface area contributed by atoms with E-state index in [1.807, 2.05) is 24.4 Å². The molecule has 3 aromatic heterocycles. The fourth-order valence-corrected chi connectivity index (χ4v) is 7.19. The fourth-order valence-electron chi connectivity index (χ4n) is 7.19. The van der Waals surface area contributed by atoms with Crippen LogP contribution in [-0.4, -0.2) is 14.1 Å². The maximum absolute atomic E-state index is 6.60. The van der Waals surface area contributed by atoms with E-state index in [2.05, 4.69) is 188 Å². The number of benzene rings is 4. The third-order valence-electron chi connectivity index (χ3n) is 9.87. The number of ether oxygens (including phenoxy) is 1. The Morgan fingerprint density at radius 1 is 0.611 bits per heavy atom. The first-order valence-corrected chi connectivity index (χ1v) is 18.7. The first kappa shape index (κ1) is 39.2. The third-order valence-corrected chi connectivity index (χ3v) is 9.87. The van der Waals surface area contributed by atoms with Gasteiger partial charge in [0.2, 0.25) is 0 Å². The zero-order valence-electron chi connectivity index (χ0n) is 33.8. The minimum Gasteiger partial charge on any atom is -0.510 e. The minimum absolute atomic E-state index is 0. The Hall–Kier alpha value is -4.47. The zero-order chi connectivity index (χ0) is 38.1. The quantitative estimate of drug-likeness (QED) is 0.127. The number of fused-ring (bicyclic) bond motifs is 3. The van der Waals surface area contributed by atoms with Gasteiger partial charge in [0, 0.05) is 44.3 Å². The SMILES string of the molecule is CC(C)(C)c1cccc(-[n+]2[c-]n(-c3[c-]c(Oc4[c-]c5c(cc4)c4ccccc4n5-c4cc(C(C)(C)C)ccn4)ccc3)c(C(C)(C)C)c2C(C)(C)C)c1.[Pt]. The van der Waals surface area contributed by atoms with Gasteiger partial charge in [-0.05, 0) is 74.2 Å². The molecule has 0 fully saturated rings. The largest absolute Gasteiger partial charge is 0.510 e. The van der Waals surface area contributed by atoms with Crippen molar-refractivity contribution in [2.45, 2.75) is 105 Å². The van der Waals surface area contributed by atoms with Crippen LogP contribution in [0.15, 0.2) is 97.2 Å². The van der Waals surface area contributed by atoms with Crippen LogP contribution in [0, 0.1) is 18.5 Å². The summed E-state index contributed by atoms with van der Waals surface area (Å²) in [5, 5.41) is 2.25. The molecule has 7 aromatic rings. The first-order chi connectivity index (χ1) is 24.8. The van der Waals surface area contributed by atoms with Gasteiger partial charge in [-0.25, -0.2) is 4.98 Å². The van der Waals surface area contributed by atoms with Gasteiger partial charge in [-0.2, -0.15) is 18.2 Å². The molecule has 0 aliphatic carbocycles. The first-order valence-electron chi connectivity index (χ1n) is 18.7. The average molecular weight is 896 g/mol. The molecular weight excluding hydrogens is 844 g/mol. The van der Waals surface area contributed by atoms with Gasteiger partial charge >= 0.3 is 0 Å². The van der Waals surface area contributed by atoms with E-state index in [0.29, 0.717) is 11.5 Å². The van der Waals surface area contributed by atoms with E-state index >= 15 is 0 Å². The smallest absolute Gasteiger partial charge is 0.267 e. The van der Waals surface area contributed by atoms with Crippen LogP contribution in [0.1, 0.15) is 106 Å². The van der Waals surface area contributed by atoms with Gasteiger partial charge in [0.25, 0.3) is 6.33 Å². The number of rotatable bonds is 5. The van der Waals surface area contributed by atoms with Crippen molar-refractivity contribution in [3.05, 3.63) is 138 Å². The Labute approximate surface area is 336 Å². The van der Waals surface area contributed by atoms with Crippen LogP contribution in [0.5, 0.6) is 11.5 Å². The van der Waals surface area contributed by atoms with Crippen LogP contribution < -0.4 is 9.30 Å². The van der Waals surface area contributed by atoms with Crippen LogP contribution in [0.4, 0.5) is 0 Å². The molecule has 0 spiro atoms. The second-order valence-corrected chi connectivity index (χ2v) is 18.4. The molecule has 4 aromatic carbocycles. The predicted molar refractivity (Wildman–Crippen MR) is 217 cm³/mol. The molecule has 0 aliphatic rings. The molecule has 0 atom stereocenters. The van der Waals surface area contributed by atoms with Gasteiger partial charge in [0.15, 0.2) is 0 Å². The van der Waals surface area contributed by atoms with Crippen molar-refractivity contribution in [1.82, 2.24) is 14.1 Å². The molecule has 0 aliphatic heterocycles. The van der Waals surface area contributed by atoms with Crippen molar-refractivity contribution in [2.24, 2.45) is 0 Å². The number of nitrogens with zero attached hydrogens (tertiary/aromatic N) is 4. The number of hydrogen-bond donors (Lipinski definition) is 0. The van der Waals surface area contributed by atoms with E-state index in [9.17, 15) is 0 Å². The van der Waals surface area contributed by atoms with E-state index in [1.54, 1.807) is 0 Å². The number of hydrogen-bond acceptors (Lipinski definition) is 2. The van der Waals surface area contributed by atoms with E-state index < -0.39 is 0 Å². The monoisotopic (exact) mass is 895 g/mol. The molecule has 6 heteroatoms. The Morgan fingerprint density at radius 3 is 1.96 bits per heavy atom. The minimum atomic E-state index is -0.193. The van der Waals surface area contributed by atoms with Crippen molar-refractivity contribution in [1.29, 1.82) is 0 Å². The molecule has 0 amide bonds. The molecule has 0 unspecified atom stereocenters. The van der Waals surface area contributed by atoms with Crippen molar-refractivity contribution in [3.63, 3.8) is 0 Å². The Kier molecular flexibility index (Phi) is 10.2. The standard InChI is InChI=1S/C48H52N4O.Pt/c1-45(2,3)32-17-15-18-34(27-32)50-31-51(44(48(10,11)12)43(50)47(7,8)9)35-19-16-20-36(29-35)53-37-23-24-39-38-21-13-14-22-40(38)52(41(39)30-37)42-28-33(25-26-49-42)46(4,5)6;/h13-28H,1-12H3;/q-2;. The summed E-state index contributed by atoms with van der Waals surface area (Å²) in [4.78, 5) is 4.83. The van der Waals surface area contributed by atoms with Crippen LogP contribution in [-0.2, 0) is 42.7 Å². The normalized spacial score (nSPS) is 12.7. The molecule has 0 saturated carbocycles. The molecular formula is C48H52N4OPt-2. The summed E-state index contributed by atoms with van der Waals surface area (Å²) in [5.41, 5.74) is 8.51. The second-order valence-electron chi connectivity index (χ2n) is 18.4. The molecule has 7 rings (SSSR count). The van der Waals surface area contributed by atoms with Gasteiger partial charge in [0.1, 0.15) is 5.82 Å². The van der Waals surface area contributed by atoms with Crippen molar-refractivity contribution in [3.8, 4) is 28.7 Å². The zero-order valence-corrected chi connectivity index (χ0v) is 36.0. The van der Waals surface area contributed by atoms with E-state index in [-0.39, 0.29) is 42.7 Å². The summed E-state index contributed by atoms with van der Waals surface area (Å²) in [6.45, 7) is 27.1. The number of pyridine rings is 1. The summed E-state index contributed by atoms with van der Waals surface area (Å²) in [5.74, 6) is 2.08. The third kappa shape index (κ3) is 7.45. The second kappa shape index (κ2) is 14.0. The van der Waals surface area contributed by atoms with E-state index in [1.165, 1.54) is 22.5 Å². The Balaban J connectivity index is 0.00000497. The predicted octanol–water partition coefficient (Wildman–Crippen LogP) is 11.6. The molecule has 0 saturated heterocycles. The van der Waals surface area contributed by atoms with E-state index in [0.717, 1.165) is 39.0 Å². The molecule has 282 valence electrons. The Morgan fingerprint density at radius 2 is 1.28 bits per heavy atom. The van der Waals surface area contributed by atoms with Crippen molar-refractivity contribution < 1.29 is 30.4 Å². The number of aromatic nitrogens is 4. The maximum atomic E-state index is 6.60. The number of imidazole rings is 1. The summed E-state index contributed by atoms with van der Waals surface area (Å²) < 4.78 is 13.2. The fraction of sp³-hybridized carbons (Fsp3) is 0.333. The summed E-state index contributed by atoms with van der Waals surface area (Å²) in [6, 6.07) is 39.0. The molecule has 5 nitrogen and oxygen atoms in total. The van der Waals surface area contributed by atoms with Crippen LogP contribution in [0.3, 0.4) is 0 Å². The molecule has 3 heterocycles. The summed E-state index contributed by atoms with van der Waals surface area (Å²) in [7, 11) is 0. The van der Waals surface area contributed by atoms with Crippen molar-refractivity contribution >= 4 is 21.8 Å². The van der Waals surface area contributed by atoms with Gasteiger partial charge < -0.3 is 13.9 Å². The van der Waals surface area contributed by atoms with Crippen LogP contribution in [0.2, 0.25) is 0 Å². The van der Waals surface area contributed by atoms with E-state index in [4.69, 9.17) is 9.72 Å². The molecule has 0 N–H and O–H groups in total. The molecule has 54 heavy (non-hydrogen) atoms. The van der Waals surface area contributed by atoms with Gasteiger partial charge in [-0.15, -0.1) is 29.7 Å². The summed E-state index contributed by atoms with van der Waals surface area (Å²) in [6.07, 6.45) is 5.67.